The van der Waals surface area contributed by atoms with Crippen molar-refractivity contribution in [2.24, 2.45) is 4.99 Å². The molecule has 0 saturated heterocycles. The van der Waals surface area contributed by atoms with Crippen molar-refractivity contribution < 1.29 is 14.3 Å². The Balaban J connectivity index is 2.16. The van der Waals surface area contributed by atoms with Crippen molar-refractivity contribution in [2.45, 2.75) is 30.5 Å². The van der Waals surface area contributed by atoms with Crippen LogP contribution in [0.3, 0.4) is 0 Å². The van der Waals surface area contributed by atoms with Gasteiger partial charge in [-0.1, -0.05) is 37.2 Å². The summed E-state index contributed by atoms with van der Waals surface area (Å²) in [6, 6.07) is 11.2. The van der Waals surface area contributed by atoms with Gasteiger partial charge in [0, 0.05) is 15.7 Å². The van der Waals surface area contributed by atoms with Crippen molar-refractivity contribution in [3.05, 3.63) is 46.8 Å². The normalized spacial score (nSPS) is 11.7. The van der Waals surface area contributed by atoms with E-state index in [2.05, 4.69) is 24.8 Å². The average Bonchev–Trinajstić information content (AvgIpc) is 3.05. The van der Waals surface area contributed by atoms with Gasteiger partial charge in [0.2, 0.25) is 0 Å². The molecule has 2 aromatic carbocycles. The molecule has 0 atom stereocenters. The Morgan fingerprint density at radius 1 is 1.24 bits per heavy atom. The summed E-state index contributed by atoms with van der Waals surface area (Å²) in [6.45, 7) is 4.49. The standard InChI is InChI=1S/C22H22N2O3S2/c1-6-12-24-19-17(26-4)10-11-18(27-5)20(19)29-22(24)23-21(25)15-8-7-9-16(13-15)28-14(2)3/h1,7-11,13-14H,12H2,2-5H3. The summed E-state index contributed by atoms with van der Waals surface area (Å²) in [6.07, 6.45) is 5.58. The van der Waals surface area contributed by atoms with Gasteiger partial charge in [-0.3, -0.25) is 4.79 Å². The fourth-order valence-electron chi connectivity index (χ4n) is 2.90. The van der Waals surface area contributed by atoms with Crippen LogP contribution in [0.1, 0.15) is 24.2 Å². The SMILES string of the molecule is C#CCn1c(=NC(=O)c2cccc(SC(C)C)c2)sc2c(OC)ccc(OC)c21. The summed E-state index contributed by atoms with van der Waals surface area (Å²) in [5.74, 6) is 3.65. The molecular weight excluding hydrogens is 404 g/mol. The fraction of sp³-hybridized carbons (Fsp3) is 0.273. The van der Waals surface area contributed by atoms with Crippen LogP contribution in [0.15, 0.2) is 46.3 Å². The number of methoxy groups -OCH3 is 2. The van der Waals surface area contributed by atoms with Gasteiger partial charge < -0.3 is 14.0 Å². The maximum absolute atomic E-state index is 12.9. The number of rotatable bonds is 6. The first-order valence-electron chi connectivity index (χ1n) is 9.02. The third-order valence-electron chi connectivity index (χ3n) is 4.09. The minimum absolute atomic E-state index is 0.263. The van der Waals surface area contributed by atoms with E-state index in [0.29, 0.717) is 27.1 Å². The second-order valence-corrected chi connectivity index (χ2v) is 9.06. The molecule has 0 unspecified atom stereocenters. The minimum atomic E-state index is -0.313. The molecule has 1 aromatic heterocycles. The molecule has 0 aliphatic carbocycles. The van der Waals surface area contributed by atoms with Crippen LogP contribution in [0.25, 0.3) is 10.2 Å². The number of amides is 1. The summed E-state index contributed by atoms with van der Waals surface area (Å²) >= 11 is 3.06. The van der Waals surface area contributed by atoms with Gasteiger partial charge >= 0.3 is 0 Å². The van der Waals surface area contributed by atoms with Crippen molar-refractivity contribution in [1.29, 1.82) is 0 Å². The average molecular weight is 427 g/mol. The predicted octanol–water partition coefficient (Wildman–Crippen LogP) is 4.59. The number of thiazole rings is 1. The summed E-state index contributed by atoms with van der Waals surface area (Å²) in [5.41, 5.74) is 1.31. The van der Waals surface area contributed by atoms with Gasteiger partial charge in [0.25, 0.3) is 5.91 Å². The zero-order valence-electron chi connectivity index (χ0n) is 16.8. The number of hydrogen-bond donors (Lipinski definition) is 0. The molecule has 0 N–H and O–H groups in total. The lowest BCUT2D eigenvalue weighted by Crippen LogP contribution is -2.16. The van der Waals surface area contributed by atoms with Crippen LogP contribution in [0.4, 0.5) is 0 Å². The van der Waals surface area contributed by atoms with Gasteiger partial charge in [-0.25, -0.2) is 0 Å². The summed E-state index contributed by atoms with van der Waals surface area (Å²) < 4.78 is 13.6. The summed E-state index contributed by atoms with van der Waals surface area (Å²) in [5, 5.41) is 0.428. The van der Waals surface area contributed by atoms with E-state index >= 15 is 0 Å². The number of terminal acetylenes is 1. The number of ether oxygens (including phenoxy) is 2. The molecule has 0 aliphatic rings. The van der Waals surface area contributed by atoms with E-state index in [4.69, 9.17) is 15.9 Å². The third kappa shape index (κ3) is 4.50. The molecule has 7 heteroatoms. The molecule has 1 amide bonds. The Kier molecular flexibility index (Phi) is 6.68. The molecule has 5 nitrogen and oxygen atoms in total. The van der Waals surface area contributed by atoms with E-state index in [-0.39, 0.29) is 12.5 Å². The van der Waals surface area contributed by atoms with Crippen molar-refractivity contribution in [3.8, 4) is 23.8 Å². The number of carbonyl (C=O) groups is 1. The smallest absolute Gasteiger partial charge is 0.279 e. The quantitative estimate of drug-likeness (QED) is 0.427. The lowest BCUT2D eigenvalue weighted by atomic mass is 10.2. The Bertz CT molecular complexity index is 1150. The summed E-state index contributed by atoms with van der Waals surface area (Å²) in [7, 11) is 3.20. The van der Waals surface area contributed by atoms with Gasteiger partial charge in [0.15, 0.2) is 4.80 Å². The highest BCUT2D eigenvalue weighted by Crippen LogP contribution is 2.35. The number of nitrogens with zero attached hydrogens (tertiary/aromatic N) is 2. The van der Waals surface area contributed by atoms with E-state index in [0.717, 1.165) is 15.1 Å². The number of fused-ring (bicyclic) bond motifs is 1. The maximum atomic E-state index is 12.9. The first-order chi connectivity index (χ1) is 14.0. The molecule has 3 rings (SSSR count). The molecule has 0 aliphatic heterocycles. The Morgan fingerprint density at radius 3 is 2.62 bits per heavy atom. The third-order valence-corrected chi connectivity index (χ3v) is 6.18. The molecule has 3 aromatic rings. The highest BCUT2D eigenvalue weighted by molar-refractivity contribution is 7.99. The van der Waals surface area contributed by atoms with E-state index in [1.807, 2.05) is 34.9 Å². The van der Waals surface area contributed by atoms with E-state index < -0.39 is 0 Å². The highest BCUT2D eigenvalue weighted by Gasteiger charge is 2.16. The van der Waals surface area contributed by atoms with Crippen LogP contribution >= 0.6 is 23.1 Å². The van der Waals surface area contributed by atoms with Crippen LogP contribution in [0.5, 0.6) is 11.5 Å². The summed E-state index contributed by atoms with van der Waals surface area (Å²) in [4.78, 5) is 18.8. The molecule has 150 valence electrons. The first-order valence-corrected chi connectivity index (χ1v) is 10.7. The van der Waals surface area contributed by atoms with Crippen LogP contribution in [-0.2, 0) is 6.54 Å². The zero-order chi connectivity index (χ0) is 21.0. The number of aromatic nitrogens is 1. The number of benzene rings is 2. The van der Waals surface area contributed by atoms with Crippen LogP contribution in [-0.4, -0.2) is 29.9 Å². The van der Waals surface area contributed by atoms with Crippen molar-refractivity contribution in [1.82, 2.24) is 4.57 Å². The second-order valence-electron chi connectivity index (χ2n) is 6.43. The first kappa shape index (κ1) is 21.0. The topological polar surface area (TPSA) is 52.8 Å². The molecule has 0 saturated carbocycles. The molecular formula is C22H22N2O3S2. The van der Waals surface area contributed by atoms with Crippen molar-refractivity contribution in [2.75, 3.05) is 14.2 Å². The molecule has 1 heterocycles. The largest absolute Gasteiger partial charge is 0.495 e. The Morgan fingerprint density at radius 2 is 1.97 bits per heavy atom. The van der Waals surface area contributed by atoms with Gasteiger partial charge in [0.1, 0.15) is 21.7 Å². The maximum Gasteiger partial charge on any atom is 0.279 e. The molecule has 0 bridgehead atoms. The van der Waals surface area contributed by atoms with Gasteiger partial charge in [-0.05, 0) is 30.3 Å². The van der Waals surface area contributed by atoms with Gasteiger partial charge in [-0.2, -0.15) is 4.99 Å². The van der Waals surface area contributed by atoms with Crippen molar-refractivity contribution in [3.63, 3.8) is 0 Å². The number of carbonyl (C=O) groups excluding carboxylic acids is 1. The monoisotopic (exact) mass is 426 g/mol. The Labute approximate surface area is 178 Å². The van der Waals surface area contributed by atoms with Gasteiger partial charge in [0.05, 0.1) is 20.8 Å². The lowest BCUT2D eigenvalue weighted by Gasteiger charge is -2.08. The van der Waals surface area contributed by atoms with Crippen LogP contribution in [0, 0.1) is 12.3 Å². The molecule has 29 heavy (non-hydrogen) atoms. The van der Waals surface area contributed by atoms with Crippen LogP contribution in [0.2, 0.25) is 0 Å². The molecule has 0 radical (unpaired) electrons. The Hall–Kier alpha value is -2.69. The number of thioether (sulfide) groups is 1. The van der Waals surface area contributed by atoms with E-state index in [1.54, 1.807) is 32.0 Å². The number of hydrogen-bond acceptors (Lipinski definition) is 5. The second kappa shape index (κ2) is 9.21. The molecule has 0 spiro atoms. The predicted molar refractivity (Wildman–Crippen MR) is 119 cm³/mol. The van der Waals surface area contributed by atoms with Crippen LogP contribution < -0.4 is 14.3 Å². The zero-order valence-corrected chi connectivity index (χ0v) is 18.4. The van der Waals surface area contributed by atoms with E-state index in [1.165, 1.54) is 11.3 Å². The molecule has 0 fully saturated rings. The minimum Gasteiger partial charge on any atom is -0.495 e. The lowest BCUT2D eigenvalue weighted by molar-refractivity contribution is 0.0997. The fourth-order valence-corrected chi connectivity index (χ4v) is 4.94. The highest BCUT2D eigenvalue weighted by atomic mass is 32.2. The van der Waals surface area contributed by atoms with Gasteiger partial charge in [-0.15, -0.1) is 18.2 Å². The van der Waals surface area contributed by atoms with Crippen molar-refractivity contribution >= 4 is 39.2 Å². The van der Waals surface area contributed by atoms with E-state index in [9.17, 15) is 4.79 Å².